The summed E-state index contributed by atoms with van der Waals surface area (Å²) < 4.78 is 13.0. The molecule has 0 spiro atoms. The van der Waals surface area contributed by atoms with Gasteiger partial charge in [-0.15, -0.1) is 6.42 Å². The summed E-state index contributed by atoms with van der Waals surface area (Å²) in [5.74, 6) is 5.02. The fraction of sp³-hybridized carbons (Fsp3) is 0.676. The average molecular weight is 535 g/mol. The van der Waals surface area contributed by atoms with Gasteiger partial charge in [0, 0.05) is 19.6 Å². The molecule has 0 saturated carbocycles. The summed E-state index contributed by atoms with van der Waals surface area (Å²) >= 11 is 0. The van der Waals surface area contributed by atoms with Gasteiger partial charge in [-0.2, -0.15) is 0 Å². The summed E-state index contributed by atoms with van der Waals surface area (Å²) in [6.45, 7) is 16.4. The van der Waals surface area contributed by atoms with Crippen LogP contribution < -0.4 is 9.47 Å². The van der Waals surface area contributed by atoms with Crippen LogP contribution in [0.1, 0.15) is 109 Å². The fourth-order valence-corrected chi connectivity index (χ4v) is 6.55. The minimum absolute atomic E-state index is 0.160. The first kappa shape index (κ1) is 29.7. The number of esters is 1. The molecule has 0 aromatic heterocycles. The lowest BCUT2D eigenvalue weighted by atomic mass is 9.79. The molecule has 3 heterocycles. The smallest absolute Gasteiger partial charge is 0.312 e. The molecule has 0 bridgehead atoms. The van der Waals surface area contributed by atoms with Crippen LogP contribution in [0.2, 0.25) is 0 Å². The second-order valence-corrected chi connectivity index (χ2v) is 12.5. The number of likely N-dealkylation sites (tertiary alicyclic amines) is 1. The molecule has 4 rings (SSSR count). The van der Waals surface area contributed by atoms with Crippen molar-refractivity contribution in [3.63, 3.8) is 0 Å². The number of hydrogen-bond acceptors (Lipinski definition) is 5. The van der Waals surface area contributed by atoms with Gasteiger partial charge in [0.25, 0.3) is 0 Å². The summed E-state index contributed by atoms with van der Waals surface area (Å²) in [4.78, 5) is 17.9. The van der Waals surface area contributed by atoms with E-state index in [0.717, 1.165) is 50.5 Å². The minimum Gasteiger partial charge on any atom is -0.483 e. The van der Waals surface area contributed by atoms with Gasteiger partial charge >= 0.3 is 5.97 Å². The first-order chi connectivity index (χ1) is 18.7. The van der Waals surface area contributed by atoms with Crippen molar-refractivity contribution in [1.29, 1.82) is 0 Å². The molecule has 3 aliphatic rings. The Morgan fingerprint density at radius 1 is 1.13 bits per heavy atom. The Bertz CT molecular complexity index is 1080. The zero-order valence-electron chi connectivity index (χ0n) is 25.1. The van der Waals surface area contributed by atoms with E-state index < -0.39 is 5.60 Å². The highest BCUT2D eigenvalue weighted by atomic mass is 16.5. The van der Waals surface area contributed by atoms with Crippen LogP contribution in [0.15, 0.2) is 17.7 Å². The van der Waals surface area contributed by atoms with Gasteiger partial charge in [0.1, 0.15) is 17.1 Å². The number of rotatable bonds is 11. The Morgan fingerprint density at radius 2 is 1.90 bits per heavy atom. The Labute approximate surface area is 237 Å². The summed E-state index contributed by atoms with van der Waals surface area (Å²) in [5, 5.41) is 0. The van der Waals surface area contributed by atoms with Gasteiger partial charge in [0.05, 0.1) is 18.5 Å². The molecule has 3 aliphatic heterocycles. The molecular weight excluding hydrogens is 484 g/mol. The largest absolute Gasteiger partial charge is 0.483 e. The van der Waals surface area contributed by atoms with Crippen LogP contribution in [0.5, 0.6) is 11.5 Å². The molecule has 0 amide bonds. The monoisotopic (exact) mass is 534 g/mol. The van der Waals surface area contributed by atoms with Crippen LogP contribution in [0, 0.1) is 18.3 Å². The van der Waals surface area contributed by atoms with Gasteiger partial charge in [0.15, 0.2) is 0 Å². The number of carbonyl (C=O) groups excluding carboxylic acids is 1. The molecule has 2 atom stereocenters. The summed E-state index contributed by atoms with van der Waals surface area (Å²) in [6, 6.07) is 4.35. The molecule has 2 unspecified atom stereocenters. The van der Waals surface area contributed by atoms with Crippen LogP contribution in [0.4, 0.5) is 0 Å². The maximum absolute atomic E-state index is 13.2. The molecule has 0 radical (unpaired) electrons. The minimum atomic E-state index is -0.408. The number of terminal acetylenes is 1. The van der Waals surface area contributed by atoms with Gasteiger partial charge in [-0.05, 0) is 86.9 Å². The number of hydrogen-bond donors (Lipinski definition) is 0. The van der Waals surface area contributed by atoms with E-state index in [2.05, 4.69) is 62.5 Å². The average Bonchev–Trinajstić information content (AvgIpc) is 2.91. The number of benzene rings is 1. The highest BCUT2D eigenvalue weighted by Crippen LogP contribution is 2.49. The molecule has 1 fully saturated rings. The van der Waals surface area contributed by atoms with E-state index in [1.165, 1.54) is 61.7 Å². The van der Waals surface area contributed by atoms with Gasteiger partial charge in [-0.3, -0.25) is 9.69 Å². The predicted molar refractivity (Wildman–Crippen MR) is 160 cm³/mol. The van der Waals surface area contributed by atoms with E-state index in [0.29, 0.717) is 30.6 Å². The quantitative estimate of drug-likeness (QED) is 0.132. The van der Waals surface area contributed by atoms with Crippen molar-refractivity contribution in [2.45, 2.75) is 104 Å². The van der Waals surface area contributed by atoms with Crippen molar-refractivity contribution < 1.29 is 14.3 Å². The maximum atomic E-state index is 13.2. The van der Waals surface area contributed by atoms with Gasteiger partial charge in [-0.1, -0.05) is 58.8 Å². The van der Waals surface area contributed by atoms with Crippen molar-refractivity contribution >= 4 is 11.5 Å². The predicted octanol–water partition coefficient (Wildman–Crippen LogP) is 7.05. The van der Waals surface area contributed by atoms with Crippen molar-refractivity contribution in [3.8, 4) is 23.8 Å². The Kier molecular flexibility index (Phi) is 10.2. The van der Waals surface area contributed by atoms with E-state index in [4.69, 9.17) is 15.9 Å². The van der Waals surface area contributed by atoms with Gasteiger partial charge in [-0.25, -0.2) is 0 Å². The number of nitrogens with zero attached hydrogens (tertiary/aromatic N) is 2. The van der Waals surface area contributed by atoms with Gasteiger partial charge in [0.2, 0.25) is 0 Å². The van der Waals surface area contributed by atoms with Crippen molar-refractivity contribution in [2.75, 3.05) is 39.3 Å². The third-order valence-electron chi connectivity index (χ3n) is 9.17. The molecule has 1 aromatic carbocycles. The molecule has 39 heavy (non-hydrogen) atoms. The van der Waals surface area contributed by atoms with Crippen molar-refractivity contribution in [2.24, 2.45) is 5.92 Å². The molecule has 0 N–H and O–H groups in total. The molecule has 5 nitrogen and oxygen atoms in total. The van der Waals surface area contributed by atoms with E-state index in [9.17, 15) is 4.79 Å². The standard InChI is InChI=1S/C34H50N2O3/c1-7-9-11-14-25(3)26(4)27-22-30(38-32(37)16-21-35-18-12-10-13-19-35)33-28-24-36(17-8-2)20-15-29(28)34(5,6)39-31(33)23-27/h2,22-23,25-26H,7,9-21,24H2,1,3-6H3. The van der Waals surface area contributed by atoms with E-state index in [-0.39, 0.29) is 5.97 Å². The van der Waals surface area contributed by atoms with Crippen LogP contribution in [0.25, 0.3) is 5.57 Å². The van der Waals surface area contributed by atoms with Crippen molar-refractivity contribution in [3.05, 3.63) is 28.8 Å². The van der Waals surface area contributed by atoms with Crippen LogP contribution >= 0.6 is 0 Å². The topological polar surface area (TPSA) is 42.0 Å². The fourth-order valence-electron chi connectivity index (χ4n) is 6.55. The number of fused-ring (bicyclic) bond motifs is 2. The van der Waals surface area contributed by atoms with E-state index >= 15 is 0 Å². The highest BCUT2D eigenvalue weighted by molar-refractivity contribution is 5.85. The molecule has 0 aliphatic carbocycles. The summed E-state index contributed by atoms with van der Waals surface area (Å²) in [7, 11) is 0. The lowest BCUT2D eigenvalue weighted by Gasteiger charge is -2.42. The normalized spacial score (nSPS) is 20.8. The van der Waals surface area contributed by atoms with Crippen LogP contribution in [0.3, 0.4) is 0 Å². The first-order valence-corrected chi connectivity index (χ1v) is 15.4. The number of piperidine rings is 1. The van der Waals surface area contributed by atoms with E-state index in [1.807, 2.05) is 0 Å². The van der Waals surface area contributed by atoms with Crippen LogP contribution in [-0.4, -0.2) is 60.6 Å². The Hall–Kier alpha value is -2.29. The Morgan fingerprint density at radius 3 is 2.62 bits per heavy atom. The molecular formula is C34H50N2O3. The summed E-state index contributed by atoms with van der Waals surface area (Å²) in [6.07, 6.45) is 15.7. The third kappa shape index (κ3) is 7.27. The number of ether oxygens (including phenoxy) is 2. The second kappa shape index (κ2) is 13.4. The maximum Gasteiger partial charge on any atom is 0.312 e. The summed E-state index contributed by atoms with van der Waals surface area (Å²) in [5.41, 5.74) is 4.24. The zero-order chi connectivity index (χ0) is 28.0. The first-order valence-electron chi connectivity index (χ1n) is 15.4. The van der Waals surface area contributed by atoms with Crippen molar-refractivity contribution in [1.82, 2.24) is 9.80 Å². The molecule has 5 heteroatoms. The number of carbonyl (C=O) groups is 1. The SMILES string of the molecule is C#CCN1CCC2=C(C1)c1c(OC(=O)CCN3CCCCC3)cc(C(C)C(C)CCCCC)cc1OC2(C)C. The lowest BCUT2D eigenvalue weighted by Crippen LogP contribution is -2.42. The lowest BCUT2D eigenvalue weighted by molar-refractivity contribution is -0.134. The third-order valence-corrected chi connectivity index (χ3v) is 9.17. The zero-order valence-corrected chi connectivity index (χ0v) is 25.1. The second-order valence-electron chi connectivity index (χ2n) is 12.5. The van der Waals surface area contributed by atoms with Crippen LogP contribution in [-0.2, 0) is 4.79 Å². The number of unbranched alkanes of at least 4 members (excludes halogenated alkanes) is 2. The molecule has 1 aromatic rings. The Balaban J connectivity index is 1.66. The van der Waals surface area contributed by atoms with E-state index in [1.54, 1.807) is 0 Å². The highest BCUT2D eigenvalue weighted by Gasteiger charge is 2.39. The molecule has 1 saturated heterocycles. The van der Waals surface area contributed by atoms with Gasteiger partial charge < -0.3 is 14.4 Å². The molecule has 214 valence electrons.